The first-order chi connectivity index (χ1) is 9.51. The number of hydrogen-bond acceptors (Lipinski definition) is 6. The number of para-hydroxylation sites is 1. The molecule has 0 N–H and O–H groups in total. The molecule has 2 aromatic rings. The summed E-state index contributed by atoms with van der Waals surface area (Å²) in [5, 5.41) is 11.6. The molecule has 0 bridgehead atoms. The summed E-state index contributed by atoms with van der Waals surface area (Å²) in [4.78, 5) is 18.4. The van der Waals surface area contributed by atoms with Gasteiger partial charge in [0.2, 0.25) is 11.6 Å². The van der Waals surface area contributed by atoms with E-state index in [1.807, 2.05) is 0 Å². The van der Waals surface area contributed by atoms with Crippen LogP contribution in [-0.4, -0.2) is 21.1 Å². The van der Waals surface area contributed by atoms with Crippen LogP contribution < -0.4 is 4.74 Å². The lowest BCUT2D eigenvalue weighted by atomic mass is 10.3. The van der Waals surface area contributed by atoms with E-state index in [2.05, 4.69) is 9.97 Å². The number of hydrogen-bond donors (Lipinski definition) is 0. The van der Waals surface area contributed by atoms with Crippen molar-refractivity contribution in [2.45, 2.75) is 5.16 Å². The molecule has 104 valence electrons. The van der Waals surface area contributed by atoms with Gasteiger partial charge in [-0.05, 0) is 12.3 Å². The molecule has 0 aliphatic rings. The minimum Gasteiger partial charge on any atom is -0.430 e. The largest absolute Gasteiger partial charge is 0.430 e. The van der Waals surface area contributed by atoms with Crippen molar-refractivity contribution in [3.8, 4) is 11.6 Å². The Kier molecular flexibility index (Phi) is 4.64. The Morgan fingerprint density at radius 1 is 1.35 bits per heavy atom. The van der Waals surface area contributed by atoms with Crippen molar-refractivity contribution >= 4 is 40.7 Å². The first-order valence-corrected chi connectivity index (χ1v) is 7.18. The first-order valence-electron chi connectivity index (χ1n) is 5.20. The maximum atomic E-state index is 11.0. The number of nitro groups is 1. The van der Waals surface area contributed by atoms with Crippen LogP contribution in [0.1, 0.15) is 0 Å². The number of benzene rings is 1. The molecule has 20 heavy (non-hydrogen) atoms. The van der Waals surface area contributed by atoms with E-state index in [9.17, 15) is 10.1 Å². The predicted molar refractivity (Wildman–Crippen MR) is 77.0 cm³/mol. The minimum absolute atomic E-state index is 0.0824. The van der Waals surface area contributed by atoms with Gasteiger partial charge in [-0.25, -0.2) is 4.98 Å². The molecule has 1 aromatic heterocycles. The Labute approximate surface area is 128 Å². The second-order valence-electron chi connectivity index (χ2n) is 3.46. The second kappa shape index (κ2) is 6.25. The number of nitrogens with zero attached hydrogens (tertiary/aromatic N) is 3. The van der Waals surface area contributed by atoms with E-state index < -0.39 is 4.92 Å². The van der Waals surface area contributed by atoms with Crippen molar-refractivity contribution in [3.05, 3.63) is 44.6 Å². The zero-order valence-electron chi connectivity index (χ0n) is 10.0. The quantitative estimate of drug-likeness (QED) is 0.274. The van der Waals surface area contributed by atoms with E-state index in [0.29, 0.717) is 5.16 Å². The highest BCUT2D eigenvalue weighted by Crippen LogP contribution is 2.37. The maximum absolute atomic E-state index is 11.0. The van der Waals surface area contributed by atoms with Crippen molar-refractivity contribution in [2.24, 2.45) is 0 Å². The van der Waals surface area contributed by atoms with Crippen molar-refractivity contribution in [1.82, 2.24) is 9.97 Å². The summed E-state index contributed by atoms with van der Waals surface area (Å²) in [5.41, 5.74) is -0.252. The Balaban J connectivity index is 2.44. The molecule has 0 aliphatic carbocycles. The van der Waals surface area contributed by atoms with Crippen molar-refractivity contribution < 1.29 is 9.66 Å². The van der Waals surface area contributed by atoms with Gasteiger partial charge in [-0.2, -0.15) is 4.98 Å². The van der Waals surface area contributed by atoms with E-state index in [1.165, 1.54) is 36.0 Å². The number of halogens is 2. The van der Waals surface area contributed by atoms with Crippen LogP contribution in [0.25, 0.3) is 0 Å². The Bertz CT molecular complexity index is 669. The monoisotopic (exact) mass is 331 g/mol. The number of thioether (sulfide) groups is 1. The second-order valence-corrected chi connectivity index (χ2v) is 5.03. The van der Waals surface area contributed by atoms with Gasteiger partial charge in [0.25, 0.3) is 0 Å². The third kappa shape index (κ3) is 3.30. The van der Waals surface area contributed by atoms with Crippen molar-refractivity contribution in [2.75, 3.05) is 6.26 Å². The van der Waals surface area contributed by atoms with Gasteiger partial charge >= 0.3 is 5.69 Å². The van der Waals surface area contributed by atoms with Crippen LogP contribution in [0, 0.1) is 10.1 Å². The standard InChI is InChI=1S/C11H7Cl2N3O3S/c1-20-11-14-8(13)5-9(15-11)19-10-6(12)3-2-4-7(10)16(17)18/h2-5H,1H3. The molecule has 0 aliphatic heterocycles. The van der Waals surface area contributed by atoms with Crippen LogP contribution in [-0.2, 0) is 0 Å². The summed E-state index contributed by atoms with van der Waals surface area (Å²) in [6.45, 7) is 0. The molecule has 1 aromatic carbocycles. The first kappa shape index (κ1) is 14.8. The van der Waals surface area contributed by atoms with E-state index in [0.717, 1.165) is 0 Å². The molecule has 9 heteroatoms. The number of ether oxygens (including phenoxy) is 1. The van der Waals surface area contributed by atoms with Gasteiger partial charge in [0.05, 0.1) is 9.95 Å². The van der Waals surface area contributed by atoms with E-state index in [4.69, 9.17) is 27.9 Å². The van der Waals surface area contributed by atoms with Crippen LogP contribution >= 0.6 is 35.0 Å². The molecular formula is C11H7Cl2N3O3S. The fourth-order valence-corrected chi connectivity index (χ4v) is 2.17. The minimum atomic E-state index is -0.584. The van der Waals surface area contributed by atoms with Gasteiger partial charge in [-0.1, -0.05) is 41.0 Å². The van der Waals surface area contributed by atoms with Crippen LogP contribution in [0.15, 0.2) is 29.4 Å². The normalized spacial score (nSPS) is 10.3. The van der Waals surface area contributed by atoms with Gasteiger partial charge in [0.15, 0.2) is 5.16 Å². The highest BCUT2D eigenvalue weighted by molar-refractivity contribution is 7.98. The van der Waals surface area contributed by atoms with Crippen LogP contribution in [0.4, 0.5) is 5.69 Å². The van der Waals surface area contributed by atoms with Crippen molar-refractivity contribution in [3.63, 3.8) is 0 Å². The average Bonchev–Trinajstić information content (AvgIpc) is 2.40. The summed E-state index contributed by atoms with van der Waals surface area (Å²) in [6, 6.07) is 5.60. The smallest absolute Gasteiger partial charge is 0.313 e. The van der Waals surface area contributed by atoms with Crippen molar-refractivity contribution in [1.29, 1.82) is 0 Å². The number of nitro benzene ring substituents is 1. The van der Waals surface area contributed by atoms with Gasteiger partial charge < -0.3 is 4.74 Å². The molecule has 0 saturated heterocycles. The molecule has 6 nitrogen and oxygen atoms in total. The average molecular weight is 332 g/mol. The van der Waals surface area contributed by atoms with Gasteiger partial charge in [-0.15, -0.1) is 0 Å². The SMILES string of the molecule is CSc1nc(Cl)cc(Oc2c(Cl)cccc2[N+](=O)[O-])n1. The van der Waals surface area contributed by atoms with E-state index >= 15 is 0 Å². The highest BCUT2D eigenvalue weighted by Gasteiger charge is 2.20. The highest BCUT2D eigenvalue weighted by atomic mass is 35.5. The van der Waals surface area contributed by atoms with Gasteiger partial charge in [-0.3, -0.25) is 10.1 Å². The fourth-order valence-electron chi connectivity index (χ4n) is 1.37. The maximum Gasteiger partial charge on any atom is 0.313 e. The van der Waals surface area contributed by atoms with E-state index in [1.54, 1.807) is 6.26 Å². The predicted octanol–water partition coefficient (Wildman–Crippen LogP) is 4.21. The molecule has 0 fully saturated rings. The van der Waals surface area contributed by atoms with Crippen LogP contribution in [0.5, 0.6) is 11.6 Å². The lowest BCUT2D eigenvalue weighted by Crippen LogP contribution is -1.97. The lowest BCUT2D eigenvalue weighted by molar-refractivity contribution is -0.385. The summed E-state index contributed by atoms with van der Waals surface area (Å²) in [7, 11) is 0. The topological polar surface area (TPSA) is 78.2 Å². The summed E-state index contributed by atoms with van der Waals surface area (Å²) in [6.07, 6.45) is 1.77. The third-order valence-electron chi connectivity index (χ3n) is 2.18. The fraction of sp³-hybridized carbons (Fsp3) is 0.0909. The molecule has 0 atom stereocenters. The zero-order valence-corrected chi connectivity index (χ0v) is 12.4. The Morgan fingerprint density at radius 3 is 2.75 bits per heavy atom. The number of aromatic nitrogens is 2. The molecule has 2 rings (SSSR count). The van der Waals surface area contributed by atoms with E-state index in [-0.39, 0.29) is 27.5 Å². The molecule has 0 unspecified atom stereocenters. The molecule has 0 spiro atoms. The molecule has 0 amide bonds. The lowest BCUT2D eigenvalue weighted by Gasteiger charge is -2.08. The van der Waals surface area contributed by atoms with Gasteiger partial charge in [0, 0.05) is 12.1 Å². The summed E-state index contributed by atoms with van der Waals surface area (Å²) in [5.74, 6) is 0.00605. The molecular weight excluding hydrogens is 325 g/mol. The molecule has 0 radical (unpaired) electrons. The number of rotatable bonds is 4. The van der Waals surface area contributed by atoms with Crippen LogP contribution in [0.2, 0.25) is 10.2 Å². The Morgan fingerprint density at radius 2 is 2.10 bits per heavy atom. The summed E-state index contributed by atoms with van der Waals surface area (Å²) < 4.78 is 5.40. The summed E-state index contributed by atoms with van der Waals surface area (Å²) >= 11 is 13.0. The Hall–Kier alpha value is -1.57. The third-order valence-corrected chi connectivity index (χ3v) is 3.22. The molecule has 0 saturated carbocycles. The molecule has 1 heterocycles. The zero-order chi connectivity index (χ0) is 14.7. The van der Waals surface area contributed by atoms with Crippen LogP contribution in [0.3, 0.4) is 0 Å². The van der Waals surface area contributed by atoms with Gasteiger partial charge in [0.1, 0.15) is 5.15 Å².